The highest BCUT2D eigenvalue weighted by molar-refractivity contribution is 9.11. The summed E-state index contributed by atoms with van der Waals surface area (Å²) in [5.41, 5.74) is 6.87. The summed E-state index contributed by atoms with van der Waals surface area (Å²) in [6, 6.07) is 4.21. The predicted molar refractivity (Wildman–Crippen MR) is 89.5 cm³/mol. The van der Waals surface area contributed by atoms with Crippen molar-refractivity contribution >= 4 is 38.9 Å². The highest BCUT2D eigenvalue weighted by Gasteiger charge is 2.11. The molecule has 0 radical (unpaired) electrons. The van der Waals surface area contributed by atoms with Crippen LogP contribution in [-0.2, 0) is 6.42 Å². The van der Waals surface area contributed by atoms with Gasteiger partial charge in [0.05, 0.1) is 3.79 Å². The third-order valence-electron chi connectivity index (χ3n) is 3.01. The Balaban J connectivity index is 2.05. The number of anilines is 2. The molecule has 108 valence electrons. The van der Waals surface area contributed by atoms with Crippen molar-refractivity contribution in [3.05, 3.63) is 32.2 Å². The number of rotatable bonds is 5. The lowest BCUT2D eigenvalue weighted by atomic mass is 10.2. The second kappa shape index (κ2) is 6.54. The minimum atomic E-state index is 0.270. The molecule has 0 fully saturated rings. The van der Waals surface area contributed by atoms with Crippen LogP contribution in [0.2, 0.25) is 0 Å². The molecule has 0 amide bonds. The van der Waals surface area contributed by atoms with Gasteiger partial charge >= 0.3 is 0 Å². The zero-order valence-corrected chi connectivity index (χ0v) is 14.3. The second-order valence-electron chi connectivity index (χ2n) is 4.98. The van der Waals surface area contributed by atoms with Gasteiger partial charge in [-0.25, -0.2) is 9.97 Å². The highest BCUT2D eigenvalue weighted by Crippen LogP contribution is 2.23. The van der Waals surface area contributed by atoms with Gasteiger partial charge in [0.15, 0.2) is 0 Å². The maximum absolute atomic E-state index is 5.95. The molecule has 0 aliphatic heterocycles. The van der Waals surface area contributed by atoms with Gasteiger partial charge in [0.1, 0.15) is 17.5 Å². The van der Waals surface area contributed by atoms with Crippen LogP contribution in [0.3, 0.4) is 0 Å². The van der Waals surface area contributed by atoms with Gasteiger partial charge in [-0.2, -0.15) is 0 Å². The van der Waals surface area contributed by atoms with Crippen LogP contribution in [0.25, 0.3) is 0 Å². The topological polar surface area (TPSA) is 63.8 Å². The maximum atomic E-state index is 5.95. The van der Waals surface area contributed by atoms with Gasteiger partial charge < -0.3 is 11.1 Å². The lowest BCUT2D eigenvalue weighted by molar-refractivity contribution is 0.774. The third-order valence-corrected chi connectivity index (χ3v) is 4.69. The Hall–Kier alpha value is -1.14. The molecular weight excluding hydrogens is 336 g/mol. The van der Waals surface area contributed by atoms with Crippen molar-refractivity contribution in [1.29, 1.82) is 0 Å². The molecule has 0 aromatic carbocycles. The van der Waals surface area contributed by atoms with Gasteiger partial charge in [0, 0.05) is 22.9 Å². The molecular formula is C14H19BrN4S. The quantitative estimate of drug-likeness (QED) is 0.852. The van der Waals surface area contributed by atoms with Crippen LogP contribution in [0.5, 0.6) is 0 Å². The van der Waals surface area contributed by atoms with E-state index >= 15 is 0 Å². The van der Waals surface area contributed by atoms with E-state index in [0.717, 1.165) is 34.0 Å². The molecule has 3 N–H and O–H groups in total. The molecule has 2 rings (SSSR count). The molecule has 0 aliphatic rings. The number of nitrogen functional groups attached to an aromatic ring is 1. The average molecular weight is 355 g/mol. The summed E-state index contributed by atoms with van der Waals surface area (Å²) >= 11 is 5.23. The fraction of sp³-hybridized carbons (Fsp3) is 0.429. The molecule has 2 aromatic heterocycles. The molecule has 0 aliphatic carbocycles. The largest absolute Gasteiger partial charge is 0.383 e. The summed E-state index contributed by atoms with van der Waals surface area (Å²) in [7, 11) is 0. The van der Waals surface area contributed by atoms with Crippen molar-refractivity contribution in [2.45, 2.75) is 33.1 Å². The van der Waals surface area contributed by atoms with E-state index in [4.69, 9.17) is 5.73 Å². The molecule has 2 heterocycles. The second-order valence-corrected chi connectivity index (χ2v) is 7.53. The van der Waals surface area contributed by atoms with Crippen LogP contribution >= 0.6 is 27.3 Å². The smallest absolute Gasteiger partial charge is 0.135 e. The summed E-state index contributed by atoms with van der Waals surface area (Å²) in [4.78, 5) is 10.2. The Labute approximate surface area is 132 Å². The fourth-order valence-electron chi connectivity index (χ4n) is 1.77. The molecule has 20 heavy (non-hydrogen) atoms. The monoisotopic (exact) mass is 354 g/mol. The van der Waals surface area contributed by atoms with Gasteiger partial charge in [-0.3, -0.25) is 0 Å². The molecule has 2 aromatic rings. The number of aromatic nitrogens is 2. The molecule has 0 saturated heterocycles. The van der Waals surface area contributed by atoms with Gasteiger partial charge in [0.25, 0.3) is 0 Å². The molecule has 6 heteroatoms. The predicted octanol–water partition coefficient (Wildman–Crippen LogP) is 3.97. The van der Waals surface area contributed by atoms with E-state index in [2.05, 4.69) is 57.2 Å². The first kappa shape index (κ1) is 15.3. The van der Waals surface area contributed by atoms with E-state index in [1.165, 1.54) is 4.88 Å². The Kier molecular flexibility index (Phi) is 4.99. The minimum absolute atomic E-state index is 0.270. The molecule has 0 spiro atoms. The van der Waals surface area contributed by atoms with E-state index in [1.807, 2.05) is 6.92 Å². The maximum Gasteiger partial charge on any atom is 0.135 e. The first-order chi connectivity index (χ1) is 9.47. The summed E-state index contributed by atoms with van der Waals surface area (Å²) < 4.78 is 1.16. The van der Waals surface area contributed by atoms with Crippen molar-refractivity contribution in [2.75, 3.05) is 17.6 Å². The normalized spacial score (nSPS) is 11.1. The Bertz CT molecular complexity index is 595. The summed E-state index contributed by atoms with van der Waals surface area (Å²) in [6.07, 6.45) is 0.969. The van der Waals surface area contributed by atoms with Crippen LogP contribution in [0.1, 0.15) is 36.0 Å². The number of halogens is 1. The lowest BCUT2D eigenvalue weighted by Gasteiger charge is -2.13. The van der Waals surface area contributed by atoms with Crippen molar-refractivity contribution in [2.24, 2.45) is 0 Å². The highest BCUT2D eigenvalue weighted by atomic mass is 79.9. The third kappa shape index (κ3) is 3.70. The van der Waals surface area contributed by atoms with Crippen molar-refractivity contribution < 1.29 is 0 Å². The Morgan fingerprint density at radius 1 is 1.35 bits per heavy atom. The SMILES string of the molecule is Cc1c(N)nc(C(C)C)nc1NCCc1ccc(Br)s1. The van der Waals surface area contributed by atoms with Crippen molar-refractivity contribution in [3.63, 3.8) is 0 Å². The summed E-state index contributed by atoms with van der Waals surface area (Å²) in [5.74, 6) is 2.46. The van der Waals surface area contributed by atoms with E-state index in [0.29, 0.717) is 5.82 Å². The summed E-state index contributed by atoms with van der Waals surface area (Å²) in [6.45, 7) is 6.92. The fourth-order valence-corrected chi connectivity index (χ4v) is 3.26. The van der Waals surface area contributed by atoms with Gasteiger partial charge in [-0.1, -0.05) is 13.8 Å². The van der Waals surface area contributed by atoms with E-state index in [9.17, 15) is 0 Å². The van der Waals surface area contributed by atoms with Crippen LogP contribution in [0.15, 0.2) is 15.9 Å². The molecule has 0 unspecified atom stereocenters. The first-order valence-electron chi connectivity index (χ1n) is 6.59. The van der Waals surface area contributed by atoms with Crippen LogP contribution in [0.4, 0.5) is 11.6 Å². The zero-order chi connectivity index (χ0) is 14.7. The number of nitrogens with two attached hydrogens (primary N) is 1. The average Bonchev–Trinajstić information content (AvgIpc) is 2.80. The van der Waals surface area contributed by atoms with Crippen LogP contribution in [0, 0.1) is 6.92 Å². The minimum Gasteiger partial charge on any atom is -0.383 e. The Morgan fingerprint density at radius 2 is 2.10 bits per heavy atom. The Morgan fingerprint density at radius 3 is 2.70 bits per heavy atom. The van der Waals surface area contributed by atoms with E-state index in [-0.39, 0.29) is 5.92 Å². The van der Waals surface area contributed by atoms with Crippen molar-refractivity contribution in [1.82, 2.24) is 9.97 Å². The van der Waals surface area contributed by atoms with Crippen molar-refractivity contribution in [3.8, 4) is 0 Å². The van der Waals surface area contributed by atoms with Gasteiger partial charge in [-0.15, -0.1) is 11.3 Å². The number of hydrogen-bond donors (Lipinski definition) is 2. The molecule has 4 nitrogen and oxygen atoms in total. The van der Waals surface area contributed by atoms with Crippen LogP contribution < -0.4 is 11.1 Å². The standard InChI is InChI=1S/C14H19BrN4S/c1-8(2)13-18-12(16)9(3)14(19-13)17-7-6-10-4-5-11(15)20-10/h4-5,8H,6-7H2,1-3H3,(H3,16,17,18,19). The molecule has 0 saturated carbocycles. The number of nitrogens with one attached hydrogen (secondary N) is 1. The lowest BCUT2D eigenvalue weighted by Crippen LogP contribution is -2.12. The number of thiophene rings is 1. The molecule has 0 atom stereocenters. The van der Waals surface area contributed by atoms with E-state index < -0.39 is 0 Å². The van der Waals surface area contributed by atoms with Crippen LogP contribution in [-0.4, -0.2) is 16.5 Å². The number of hydrogen-bond acceptors (Lipinski definition) is 5. The number of nitrogens with zero attached hydrogens (tertiary/aromatic N) is 2. The van der Waals surface area contributed by atoms with Gasteiger partial charge in [-0.05, 0) is 41.4 Å². The zero-order valence-electron chi connectivity index (χ0n) is 11.9. The summed E-state index contributed by atoms with van der Waals surface area (Å²) in [5, 5.41) is 3.37. The first-order valence-corrected chi connectivity index (χ1v) is 8.20. The van der Waals surface area contributed by atoms with Gasteiger partial charge in [0.2, 0.25) is 0 Å². The molecule has 0 bridgehead atoms. The van der Waals surface area contributed by atoms with E-state index in [1.54, 1.807) is 11.3 Å².